The van der Waals surface area contributed by atoms with Crippen LogP contribution in [0.15, 0.2) is 6.07 Å². The summed E-state index contributed by atoms with van der Waals surface area (Å²) in [6.07, 6.45) is 1.62. The van der Waals surface area contributed by atoms with Crippen molar-refractivity contribution >= 4 is 11.8 Å². The number of aromatic amines is 1. The summed E-state index contributed by atoms with van der Waals surface area (Å²) in [5.41, 5.74) is 6.66. The highest BCUT2D eigenvalue weighted by atomic mass is 16.2. The molecular formula is C16H27N5O2. The number of aromatic nitrogens is 2. The SMILES string of the molecule is CC(C)(C)c1cc(C(=O)N2CCCC(C(=O)NCCN)C2)n[nH]1. The Labute approximate surface area is 137 Å². The second-order valence-electron chi connectivity index (χ2n) is 7.09. The highest BCUT2D eigenvalue weighted by Gasteiger charge is 2.30. The predicted molar refractivity (Wildman–Crippen MR) is 88.0 cm³/mol. The van der Waals surface area contributed by atoms with Crippen LogP contribution in [0.5, 0.6) is 0 Å². The van der Waals surface area contributed by atoms with Gasteiger partial charge in [0.2, 0.25) is 5.91 Å². The van der Waals surface area contributed by atoms with Crippen LogP contribution in [0.1, 0.15) is 49.8 Å². The van der Waals surface area contributed by atoms with Crippen LogP contribution in [0.4, 0.5) is 0 Å². The highest BCUT2D eigenvalue weighted by molar-refractivity contribution is 5.93. The molecule has 2 amide bonds. The zero-order valence-electron chi connectivity index (χ0n) is 14.2. The zero-order valence-corrected chi connectivity index (χ0v) is 14.2. The molecule has 4 N–H and O–H groups in total. The van der Waals surface area contributed by atoms with Crippen molar-refractivity contribution in [2.45, 2.75) is 39.0 Å². The van der Waals surface area contributed by atoms with Crippen LogP contribution in [0.3, 0.4) is 0 Å². The molecule has 1 aromatic rings. The van der Waals surface area contributed by atoms with Gasteiger partial charge in [-0.1, -0.05) is 20.8 Å². The molecule has 23 heavy (non-hydrogen) atoms. The van der Waals surface area contributed by atoms with Crippen molar-refractivity contribution in [3.8, 4) is 0 Å². The molecule has 0 saturated carbocycles. The number of hydrogen-bond donors (Lipinski definition) is 3. The molecule has 2 rings (SSSR count). The summed E-state index contributed by atoms with van der Waals surface area (Å²) < 4.78 is 0. The largest absolute Gasteiger partial charge is 0.355 e. The molecule has 0 spiro atoms. The van der Waals surface area contributed by atoms with Crippen LogP contribution in [0.2, 0.25) is 0 Å². The van der Waals surface area contributed by atoms with Crippen LogP contribution in [-0.2, 0) is 10.2 Å². The van der Waals surface area contributed by atoms with Crippen molar-refractivity contribution in [3.63, 3.8) is 0 Å². The Bertz CT molecular complexity index is 561. The molecule has 0 aliphatic carbocycles. The number of likely N-dealkylation sites (tertiary alicyclic amines) is 1. The van der Waals surface area contributed by atoms with Gasteiger partial charge in [0.1, 0.15) is 5.69 Å². The first-order valence-electron chi connectivity index (χ1n) is 8.16. The molecule has 7 nitrogen and oxygen atoms in total. The normalized spacial score (nSPS) is 18.8. The first-order chi connectivity index (χ1) is 10.8. The Morgan fingerprint density at radius 1 is 1.48 bits per heavy atom. The number of carbonyl (C=O) groups excluding carboxylic acids is 2. The molecule has 1 saturated heterocycles. The van der Waals surface area contributed by atoms with Crippen molar-refractivity contribution in [2.24, 2.45) is 11.7 Å². The zero-order chi connectivity index (χ0) is 17.0. The lowest BCUT2D eigenvalue weighted by Crippen LogP contribution is -2.46. The van der Waals surface area contributed by atoms with E-state index in [2.05, 4.69) is 36.3 Å². The highest BCUT2D eigenvalue weighted by Crippen LogP contribution is 2.22. The first-order valence-corrected chi connectivity index (χ1v) is 8.16. The fourth-order valence-electron chi connectivity index (χ4n) is 2.69. The monoisotopic (exact) mass is 321 g/mol. The van der Waals surface area contributed by atoms with Gasteiger partial charge < -0.3 is 16.0 Å². The summed E-state index contributed by atoms with van der Waals surface area (Å²) >= 11 is 0. The molecule has 7 heteroatoms. The Morgan fingerprint density at radius 3 is 2.83 bits per heavy atom. The van der Waals surface area contributed by atoms with E-state index in [9.17, 15) is 9.59 Å². The number of nitrogens with two attached hydrogens (primary N) is 1. The van der Waals surface area contributed by atoms with E-state index in [1.165, 1.54) is 0 Å². The molecule has 128 valence electrons. The molecular weight excluding hydrogens is 294 g/mol. The minimum absolute atomic E-state index is 0.0228. The minimum Gasteiger partial charge on any atom is -0.355 e. The van der Waals surface area contributed by atoms with Crippen molar-refractivity contribution in [3.05, 3.63) is 17.5 Å². The van der Waals surface area contributed by atoms with Crippen LogP contribution in [0.25, 0.3) is 0 Å². The number of amides is 2. The van der Waals surface area contributed by atoms with Crippen molar-refractivity contribution in [1.82, 2.24) is 20.4 Å². The third-order valence-electron chi connectivity index (χ3n) is 4.13. The number of carbonyl (C=O) groups is 2. The molecule has 1 aromatic heterocycles. The molecule has 1 fully saturated rings. The second-order valence-corrected chi connectivity index (χ2v) is 7.09. The average molecular weight is 321 g/mol. The molecule has 0 aromatic carbocycles. The Hall–Kier alpha value is -1.89. The van der Waals surface area contributed by atoms with E-state index in [0.29, 0.717) is 31.9 Å². The quantitative estimate of drug-likeness (QED) is 0.756. The molecule has 0 bridgehead atoms. The summed E-state index contributed by atoms with van der Waals surface area (Å²) in [5.74, 6) is -0.307. The third-order valence-corrected chi connectivity index (χ3v) is 4.13. The molecule has 1 unspecified atom stereocenters. The van der Waals surface area contributed by atoms with Gasteiger partial charge in [-0.3, -0.25) is 14.7 Å². The van der Waals surface area contributed by atoms with E-state index in [0.717, 1.165) is 18.5 Å². The summed E-state index contributed by atoms with van der Waals surface area (Å²) in [4.78, 5) is 26.4. The maximum Gasteiger partial charge on any atom is 0.274 e. The van der Waals surface area contributed by atoms with E-state index in [4.69, 9.17) is 5.73 Å². The molecule has 0 radical (unpaired) electrons. The van der Waals surface area contributed by atoms with E-state index in [1.54, 1.807) is 11.0 Å². The topological polar surface area (TPSA) is 104 Å². The van der Waals surface area contributed by atoms with Crippen molar-refractivity contribution in [1.29, 1.82) is 0 Å². The maximum absolute atomic E-state index is 12.6. The van der Waals surface area contributed by atoms with Crippen LogP contribution >= 0.6 is 0 Å². The Kier molecular flexibility index (Phi) is 5.41. The average Bonchev–Trinajstić information content (AvgIpc) is 3.02. The summed E-state index contributed by atoms with van der Waals surface area (Å²) in [5, 5.41) is 9.88. The third kappa shape index (κ3) is 4.31. The fraction of sp³-hybridized carbons (Fsp3) is 0.688. The van der Waals surface area contributed by atoms with Gasteiger partial charge in [-0.25, -0.2) is 0 Å². The smallest absolute Gasteiger partial charge is 0.274 e. The van der Waals surface area contributed by atoms with Gasteiger partial charge in [0.15, 0.2) is 0 Å². The summed E-state index contributed by atoms with van der Waals surface area (Å²) in [6, 6.07) is 1.81. The fourth-order valence-corrected chi connectivity index (χ4v) is 2.69. The summed E-state index contributed by atoms with van der Waals surface area (Å²) in [7, 11) is 0. The van der Waals surface area contributed by atoms with Gasteiger partial charge in [-0.15, -0.1) is 0 Å². The van der Waals surface area contributed by atoms with Gasteiger partial charge in [0.25, 0.3) is 5.91 Å². The second kappa shape index (κ2) is 7.12. The molecule has 1 aliphatic heterocycles. The van der Waals surface area contributed by atoms with Gasteiger partial charge in [-0.2, -0.15) is 5.10 Å². The van der Waals surface area contributed by atoms with E-state index in [-0.39, 0.29) is 23.1 Å². The number of rotatable bonds is 4. The Morgan fingerprint density at radius 2 is 2.22 bits per heavy atom. The number of nitrogens with one attached hydrogen (secondary N) is 2. The van der Waals surface area contributed by atoms with Gasteiger partial charge in [0, 0.05) is 37.3 Å². The lowest BCUT2D eigenvalue weighted by molar-refractivity contribution is -0.126. The molecule has 1 aliphatic rings. The summed E-state index contributed by atoms with van der Waals surface area (Å²) in [6.45, 7) is 8.18. The molecule has 1 atom stereocenters. The molecule has 2 heterocycles. The van der Waals surface area contributed by atoms with Gasteiger partial charge in [-0.05, 0) is 18.9 Å². The predicted octanol–water partition coefficient (Wildman–Crippen LogP) is 0.634. The van der Waals surface area contributed by atoms with Crippen LogP contribution < -0.4 is 11.1 Å². The van der Waals surface area contributed by atoms with Crippen molar-refractivity contribution < 1.29 is 9.59 Å². The van der Waals surface area contributed by atoms with Gasteiger partial charge in [0.05, 0.1) is 5.92 Å². The minimum atomic E-state index is -0.166. The first kappa shape index (κ1) is 17.5. The lowest BCUT2D eigenvalue weighted by Gasteiger charge is -2.31. The number of piperidine rings is 1. The lowest BCUT2D eigenvalue weighted by atomic mass is 9.92. The van der Waals surface area contributed by atoms with Crippen LogP contribution in [-0.4, -0.2) is 53.1 Å². The van der Waals surface area contributed by atoms with Crippen LogP contribution in [0, 0.1) is 5.92 Å². The van der Waals surface area contributed by atoms with E-state index in [1.807, 2.05) is 0 Å². The van der Waals surface area contributed by atoms with Gasteiger partial charge >= 0.3 is 0 Å². The van der Waals surface area contributed by atoms with E-state index >= 15 is 0 Å². The maximum atomic E-state index is 12.6. The number of hydrogen-bond acceptors (Lipinski definition) is 4. The van der Waals surface area contributed by atoms with Crippen molar-refractivity contribution in [2.75, 3.05) is 26.2 Å². The standard InChI is InChI=1S/C16H27N5O2/c1-16(2,3)13-9-12(19-20-13)15(23)21-8-4-5-11(10-21)14(22)18-7-6-17/h9,11H,4-8,10,17H2,1-3H3,(H,18,22)(H,19,20). The Balaban J connectivity index is 2.02. The van der Waals surface area contributed by atoms with E-state index < -0.39 is 0 Å². The number of nitrogens with zero attached hydrogens (tertiary/aromatic N) is 2. The number of H-pyrrole nitrogens is 1.